The van der Waals surface area contributed by atoms with Gasteiger partial charge in [-0.3, -0.25) is 0 Å². The van der Waals surface area contributed by atoms with Crippen LogP contribution in [0.4, 0.5) is 0 Å². The first-order chi connectivity index (χ1) is 8.57. The first kappa shape index (κ1) is 12.3. The Bertz CT molecular complexity index is 538. The van der Waals surface area contributed by atoms with E-state index >= 15 is 0 Å². The van der Waals surface area contributed by atoms with E-state index in [0.717, 1.165) is 25.7 Å². The highest BCUT2D eigenvalue weighted by Crippen LogP contribution is 2.37. The quantitative estimate of drug-likeness (QED) is 0.773. The van der Waals surface area contributed by atoms with Crippen LogP contribution in [0.25, 0.3) is 0 Å². The summed E-state index contributed by atoms with van der Waals surface area (Å²) in [6.07, 6.45) is 6.76. The van der Waals surface area contributed by atoms with E-state index in [1.54, 1.807) is 4.31 Å². The van der Waals surface area contributed by atoms with Crippen LogP contribution in [0.15, 0.2) is 17.3 Å². The van der Waals surface area contributed by atoms with Crippen LogP contribution < -0.4 is 0 Å². The summed E-state index contributed by atoms with van der Waals surface area (Å²) in [5.74, 6) is 0.536. The van der Waals surface area contributed by atoms with Gasteiger partial charge in [0, 0.05) is 12.6 Å². The summed E-state index contributed by atoms with van der Waals surface area (Å²) >= 11 is 5.58. The van der Waals surface area contributed by atoms with Gasteiger partial charge in [-0.25, -0.2) is 18.4 Å². The van der Waals surface area contributed by atoms with Gasteiger partial charge in [0.15, 0.2) is 0 Å². The summed E-state index contributed by atoms with van der Waals surface area (Å²) in [5.41, 5.74) is 0. The number of halogens is 1. The van der Waals surface area contributed by atoms with Gasteiger partial charge in [-0.2, -0.15) is 4.31 Å². The monoisotopic (exact) mass is 287 g/mol. The van der Waals surface area contributed by atoms with Gasteiger partial charge in [-0.15, -0.1) is 0 Å². The lowest BCUT2D eigenvalue weighted by Crippen LogP contribution is -2.35. The molecule has 0 amide bonds. The van der Waals surface area contributed by atoms with E-state index in [0.29, 0.717) is 12.5 Å². The molecule has 98 valence electrons. The number of hydrogen-bond donors (Lipinski definition) is 0. The second-order valence-electron chi connectivity index (χ2n) is 4.94. The predicted molar refractivity (Wildman–Crippen MR) is 66.7 cm³/mol. The molecule has 5 nitrogen and oxygen atoms in total. The third kappa shape index (κ3) is 2.50. The SMILES string of the molecule is O=S(=O)(c1cnc(Cl)nc1)N(CC1CC1)C1CC1. The van der Waals surface area contributed by atoms with Gasteiger partial charge in [0.25, 0.3) is 0 Å². The fourth-order valence-corrected chi connectivity index (χ4v) is 3.68. The summed E-state index contributed by atoms with van der Waals surface area (Å²) < 4.78 is 26.6. The minimum absolute atomic E-state index is 0.0640. The van der Waals surface area contributed by atoms with Crippen molar-refractivity contribution in [3.8, 4) is 0 Å². The molecule has 2 saturated carbocycles. The van der Waals surface area contributed by atoms with Crippen LogP contribution in [0, 0.1) is 5.92 Å². The van der Waals surface area contributed by atoms with Crippen molar-refractivity contribution < 1.29 is 8.42 Å². The van der Waals surface area contributed by atoms with Crippen molar-refractivity contribution in [1.82, 2.24) is 14.3 Å². The van der Waals surface area contributed by atoms with Gasteiger partial charge in [-0.05, 0) is 43.2 Å². The van der Waals surface area contributed by atoms with Crippen molar-refractivity contribution in [2.75, 3.05) is 6.54 Å². The molecule has 0 spiro atoms. The Hall–Kier alpha value is -0.720. The van der Waals surface area contributed by atoms with Crippen molar-refractivity contribution >= 4 is 21.6 Å². The van der Waals surface area contributed by atoms with Crippen LogP contribution in [0.2, 0.25) is 5.28 Å². The van der Waals surface area contributed by atoms with Crippen LogP contribution in [-0.2, 0) is 10.0 Å². The third-order valence-electron chi connectivity index (χ3n) is 3.29. The molecule has 0 radical (unpaired) electrons. The average molecular weight is 288 g/mol. The summed E-state index contributed by atoms with van der Waals surface area (Å²) in [5, 5.41) is 0.0640. The van der Waals surface area contributed by atoms with E-state index in [1.807, 2.05) is 0 Å². The van der Waals surface area contributed by atoms with Gasteiger partial charge in [0.05, 0.1) is 12.4 Å². The number of rotatable bonds is 5. The van der Waals surface area contributed by atoms with Crippen molar-refractivity contribution in [2.24, 2.45) is 5.92 Å². The number of hydrogen-bond acceptors (Lipinski definition) is 4. The van der Waals surface area contributed by atoms with Crippen molar-refractivity contribution in [2.45, 2.75) is 36.6 Å². The van der Waals surface area contributed by atoms with E-state index in [-0.39, 0.29) is 16.2 Å². The Morgan fingerprint density at radius 1 is 1.22 bits per heavy atom. The maximum Gasteiger partial charge on any atom is 0.246 e. The zero-order valence-corrected chi connectivity index (χ0v) is 11.4. The van der Waals surface area contributed by atoms with Crippen LogP contribution in [0.1, 0.15) is 25.7 Å². The molecule has 18 heavy (non-hydrogen) atoms. The normalized spacial score (nSPS) is 20.3. The van der Waals surface area contributed by atoms with Crippen molar-refractivity contribution in [1.29, 1.82) is 0 Å². The molecule has 0 saturated heterocycles. The van der Waals surface area contributed by atoms with Gasteiger partial charge >= 0.3 is 0 Å². The van der Waals surface area contributed by atoms with Gasteiger partial charge < -0.3 is 0 Å². The fraction of sp³-hybridized carbons (Fsp3) is 0.636. The van der Waals surface area contributed by atoms with Crippen LogP contribution in [0.3, 0.4) is 0 Å². The highest BCUT2D eigenvalue weighted by atomic mass is 35.5. The molecule has 0 N–H and O–H groups in total. The highest BCUT2D eigenvalue weighted by Gasteiger charge is 2.41. The standard InChI is InChI=1S/C11H14ClN3O2S/c12-11-13-5-10(6-14-11)18(16,17)15(9-3-4-9)7-8-1-2-8/h5-6,8-9H,1-4,7H2. The molecule has 0 unspecified atom stereocenters. The first-order valence-electron chi connectivity index (χ1n) is 6.07. The minimum atomic E-state index is -3.46. The Morgan fingerprint density at radius 2 is 1.83 bits per heavy atom. The highest BCUT2D eigenvalue weighted by molar-refractivity contribution is 7.89. The van der Waals surface area contributed by atoms with E-state index < -0.39 is 10.0 Å². The Morgan fingerprint density at radius 3 is 2.33 bits per heavy atom. The average Bonchev–Trinajstić information content (AvgIpc) is 3.19. The van der Waals surface area contributed by atoms with Gasteiger partial charge in [-0.1, -0.05) is 0 Å². The Balaban J connectivity index is 1.88. The molecule has 7 heteroatoms. The third-order valence-corrected chi connectivity index (χ3v) is 5.36. The van der Waals surface area contributed by atoms with E-state index in [9.17, 15) is 8.42 Å². The molecule has 1 aromatic heterocycles. The summed E-state index contributed by atoms with van der Waals surface area (Å²) in [6.45, 7) is 0.635. The van der Waals surface area contributed by atoms with E-state index in [1.165, 1.54) is 12.4 Å². The molecule has 0 bridgehead atoms. The van der Waals surface area contributed by atoms with Crippen LogP contribution >= 0.6 is 11.6 Å². The molecule has 2 fully saturated rings. The molecule has 3 rings (SSSR count). The second-order valence-corrected chi connectivity index (χ2v) is 7.17. The molecule has 2 aliphatic carbocycles. The smallest absolute Gasteiger partial charge is 0.225 e. The molecule has 1 aromatic rings. The number of sulfonamides is 1. The minimum Gasteiger partial charge on any atom is -0.225 e. The molecule has 0 aliphatic heterocycles. The summed E-state index contributed by atoms with van der Waals surface area (Å²) in [7, 11) is -3.46. The molecular formula is C11H14ClN3O2S. The maximum atomic E-state index is 12.5. The molecule has 2 aliphatic rings. The van der Waals surface area contributed by atoms with E-state index in [2.05, 4.69) is 9.97 Å². The maximum absolute atomic E-state index is 12.5. The Labute approximate surface area is 111 Å². The lowest BCUT2D eigenvalue weighted by atomic mass is 10.4. The van der Waals surface area contributed by atoms with Crippen LogP contribution in [0.5, 0.6) is 0 Å². The number of aromatic nitrogens is 2. The molecule has 0 atom stereocenters. The van der Waals surface area contributed by atoms with Gasteiger partial charge in [0.2, 0.25) is 15.3 Å². The van der Waals surface area contributed by atoms with Crippen molar-refractivity contribution in [3.05, 3.63) is 17.7 Å². The van der Waals surface area contributed by atoms with Gasteiger partial charge in [0.1, 0.15) is 4.90 Å². The number of nitrogens with zero attached hydrogens (tertiary/aromatic N) is 3. The van der Waals surface area contributed by atoms with E-state index in [4.69, 9.17) is 11.6 Å². The fourth-order valence-electron chi connectivity index (χ4n) is 1.93. The summed E-state index contributed by atoms with van der Waals surface area (Å²) in [6, 6.07) is 0.172. The zero-order valence-electron chi connectivity index (χ0n) is 9.79. The van der Waals surface area contributed by atoms with Crippen molar-refractivity contribution in [3.63, 3.8) is 0 Å². The zero-order chi connectivity index (χ0) is 12.8. The molecule has 0 aromatic carbocycles. The summed E-state index contributed by atoms with van der Waals surface area (Å²) in [4.78, 5) is 7.64. The molecular weight excluding hydrogens is 274 g/mol. The lowest BCUT2D eigenvalue weighted by molar-refractivity contribution is 0.388. The lowest BCUT2D eigenvalue weighted by Gasteiger charge is -2.21. The largest absolute Gasteiger partial charge is 0.246 e. The molecule has 1 heterocycles. The van der Waals surface area contributed by atoms with Crippen LogP contribution in [-0.4, -0.2) is 35.3 Å². The predicted octanol–water partition coefficient (Wildman–Crippen LogP) is 1.69. The Kier molecular flexibility index (Phi) is 3.03. The topological polar surface area (TPSA) is 63.2 Å². The second kappa shape index (κ2) is 4.43. The first-order valence-corrected chi connectivity index (χ1v) is 7.88.